The monoisotopic (exact) mass is 246 g/mol. The number of hydrogen-bond donors (Lipinski definition) is 1. The highest BCUT2D eigenvalue weighted by molar-refractivity contribution is 6.01. The zero-order chi connectivity index (χ0) is 12.8. The molecule has 96 valence electrons. The van der Waals surface area contributed by atoms with Crippen LogP contribution in [0.4, 0.5) is 0 Å². The lowest BCUT2D eigenvalue weighted by molar-refractivity contribution is -0.0255. The molecule has 1 aromatic rings. The van der Waals surface area contributed by atoms with E-state index in [9.17, 15) is 9.90 Å². The first-order valence-corrected chi connectivity index (χ1v) is 6.62. The maximum absolute atomic E-state index is 11.7. The normalized spacial score (nSPS) is 30.6. The molecule has 18 heavy (non-hydrogen) atoms. The van der Waals surface area contributed by atoms with Gasteiger partial charge in [0.2, 0.25) is 0 Å². The molecule has 0 bridgehead atoms. The van der Waals surface area contributed by atoms with Gasteiger partial charge in [0.05, 0.1) is 5.60 Å². The van der Waals surface area contributed by atoms with Crippen molar-refractivity contribution in [3.05, 3.63) is 29.3 Å². The molecule has 1 saturated carbocycles. The van der Waals surface area contributed by atoms with Gasteiger partial charge in [0, 0.05) is 17.5 Å². The van der Waals surface area contributed by atoms with Crippen LogP contribution in [0.3, 0.4) is 0 Å². The molecule has 2 aliphatic rings. The lowest BCUT2D eigenvalue weighted by Gasteiger charge is -2.27. The maximum Gasteiger partial charge on any atom is 0.163 e. The summed E-state index contributed by atoms with van der Waals surface area (Å²) in [6.07, 6.45) is 3.84. The van der Waals surface area contributed by atoms with Gasteiger partial charge in [-0.05, 0) is 38.7 Å². The summed E-state index contributed by atoms with van der Waals surface area (Å²) in [5.41, 5.74) is 1.07. The van der Waals surface area contributed by atoms with Crippen LogP contribution in [0.2, 0.25) is 0 Å². The zero-order valence-electron chi connectivity index (χ0n) is 10.6. The first kappa shape index (κ1) is 11.7. The van der Waals surface area contributed by atoms with Crippen LogP contribution in [0.5, 0.6) is 5.75 Å². The molecule has 2 unspecified atom stereocenters. The predicted molar refractivity (Wildman–Crippen MR) is 68.0 cm³/mol. The Morgan fingerprint density at radius 3 is 2.94 bits per heavy atom. The van der Waals surface area contributed by atoms with Crippen LogP contribution in [0, 0.1) is 0 Å². The van der Waals surface area contributed by atoms with Crippen molar-refractivity contribution in [1.29, 1.82) is 0 Å². The molecule has 1 aromatic carbocycles. The molecule has 2 atom stereocenters. The lowest BCUT2D eigenvalue weighted by atomic mass is 10.0. The van der Waals surface area contributed by atoms with Gasteiger partial charge in [-0.15, -0.1) is 0 Å². The molecule has 0 heterocycles. The molecule has 0 aliphatic heterocycles. The summed E-state index contributed by atoms with van der Waals surface area (Å²) in [7, 11) is 0. The fraction of sp³-hybridized carbons (Fsp3) is 0.533. The van der Waals surface area contributed by atoms with Gasteiger partial charge in [0.15, 0.2) is 5.78 Å². The number of ether oxygens (including phenoxy) is 1. The van der Waals surface area contributed by atoms with Gasteiger partial charge in [0.1, 0.15) is 11.9 Å². The number of benzene rings is 1. The van der Waals surface area contributed by atoms with Crippen molar-refractivity contribution in [2.24, 2.45) is 0 Å². The van der Waals surface area contributed by atoms with E-state index in [-0.39, 0.29) is 11.9 Å². The number of fused-ring (bicyclic) bond motifs is 1. The number of carbonyl (C=O) groups excluding carboxylic acids is 1. The van der Waals surface area contributed by atoms with E-state index in [1.165, 1.54) is 0 Å². The largest absolute Gasteiger partial charge is 0.487 e. The third-order valence-electron chi connectivity index (χ3n) is 4.15. The lowest BCUT2D eigenvalue weighted by Crippen LogP contribution is -2.38. The van der Waals surface area contributed by atoms with Crippen molar-refractivity contribution in [2.45, 2.75) is 50.7 Å². The van der Waals surface area contributed by atoms with E-state index in [1.807, 2.05) is 25.1 Å². The second-order valence-corrected chi connectivity index (χ2v) is 5.56. The summed E-state index contributed by atoms with van der Waals surface area (Å²) in [4.78, 5) is 11.7. The first-order valence-electron chi connectivity index (χ1n) is 6.62. The Balaban J connectivity index is 1.88. The molecule has 3 heteroatoms. The highest BCUT2D eigenvalue weighted by Gasteiger charge is 2.39. The van der Waals surface area contributed by atoms with Crippen LogP contribution in [-0.4, -0.2) is 22.6 Å². The van der Waals surface area contributed by atoms with Crippen LogP contribution in [0.15, 0.2) is 18.2 Å². The van der Waals surface area contributed by atoms with Gasteiger partial charge in [0.25, 0.3) is 0 Å². The van der Waals surface area contributed by atoms with E-state index in [0.29, 0.717) is 6.42 Å². The zero-order valence-corrected chi connectivity index (χ0v) is 10.6. The quantitative estimate of drug-likeness (QED) is 0.872. The standard InChI is InChI=1S/C15H18O3/c1-15(17)9-3-6-14(15)18-13-5-2-4-10-11(13)7-8-12(10)16/h2,4-5,14,17H,3,6-9H2,1H3. The summed E-state index contributed by atoms with van der Waals surface area (Å²) in [6.45, 7) is 1.83. The van der Waals surface area contributed by atoms with Gasteiger partial charge in [-0.2, -0.15) is 0 Å². The Labute approximate surface area is 107 Å². The number of carbonyl (C=O) groups is 1. The number of aliphatic hydroxyl groups is 1. The molecule has 3 nitrogen and oxygen atoms in total. The number of hydrogen-bond acceptors (Lipinski definition) is 3. The predicted octanol–water partition coefficient (Wildman–Crippen LogP) is 2.50. The van der Waals surface area contributed by atoms with Crippen LogP contribution in [0.25, 0.3) is 0 Å². The summed E-state index contributed by atoms with van der Waals surface area (Å²) in [5.74, 6) is 0.985. The van der Waals surface area contributed by atoms with Gasteiger partial charge >= 0.3 is 0 Å². The second kappa shape index (κ2) is 4.09. The molecule has 0 amide bonds. The maximum atomic E-state index is 11.7. The van der Waals surface area contributed by atoms with Crippen LogP contribution < -0.4 is 4.74 Å². The summed E-state index contributed by atoms with van der Waals surface area (Å²) >= 11 is 0. The average Bonchev–Trinajstić information content (AvgIpc) is 2.85. The highest BCUT2D eigenvalue weighted by Crippen LogP contribution is 2.36. The minimum absolute atomic E-state index is 0.153. The minimum atomic E-state index is -0.745. The second-order valence-electron chi connectivity index (χ2n) is 5.56. The van der Waals surface area contributed by atoms with Crippen molar-refractivity contribution in [3.63, 3.8) is 0 Å². The van der Waals surface area contributed by atoms with E-state index in [4.69, 9.17) is 4.74 Å². The third-order valence-corrected chi connectivity index (χ3v) is 4.15. The SMILES string of the molecule is CC1(O)CCCC1Oc1cccc2c1CCC2=O. The fourth-order valence-electron chi connectivity index (χ4n) is 3.02. The number of rotatable bonds is 2. The summed E-state index contributed by atoms with van der Waals surface area (Å²) in [5, 5.41) is 10.2. The molecule has 2 aliphatic carbocycles. The van der Waals surface area contributed by atoms with Crippen molar-refractivity contribution < 1.29 is 14.6 Å². The van der Waals surface area contributed by atoms with E-state index in [1.54, 1.807) is 0 Å². The average molecular weight is 246 g/mol. The minimum Gasteiger partial charge on any atom is -0.487 e. The Morgan fingerprint density at radius 1 is 1.39 bits per heavy atom. The van der Waals surface area contributed by atoms with Gasteiger partial charge in [-0.1, -0.05) is 12.1 Å². The van der Waals surface area contributed by atoms with Crippen LogP contribution in [-0.2, 0) is 6.42 Å². The molecule has 0 saturated heterocycles. The van der Waals surface area contributed by atoms with Crippen molar-refractivity contribution in [3.8, 4) is 5.75 Å². The smallest absolute Gasteiger partial charge is 0.163 e. The van der Waals surface area contributed by atoms with Gasteiger partial charge < -0.3 is 9.84 Å². The third kappa shape index (κ3) is 1.83. The molecule has 1 fully saturated rings. The van der Waals surface area contributed by atoms with Crippen LogP contribution >= 0.6 is 0 Å². The molecule has 0 spiro atoms. The summed E-state index contributed by atoms with van der Waals surface area (Å²) < 4.78 is 5.98. The van der Waals surface area contributed by atoms with Crippen molar-refractivity contribution in [1.82, 2.24) is 0 Å². The Kier molecular flexibility index (Phi) is 2.67. The van der Waals surface area contributed by atoms with Gasteiger partial charge in [-0.3, -0.25) is 4.79 Å². The van der Waals surface area contributed by atoms with E-state index in [0.717, 1.165) is 42.6 Å². The van der Waals surface area contributed by atoms with E-state index in [2.05, 4.69) is 0 Å². The fourth-order valence-corrected chi connectivity index (χ4v) is 3.02. The Bertz CT molecular complexity index is 491. The van der Waals surface area contributed by atoms with Crippen molar-refractivity contribution in [2.75, 3.05) is 0 Å². The topological polar surface area (TPSA) is 46.5 Å². The highest BCUT2D eigenvalue weighted by atomic mass is 16.5. The number of Topliss-reactive ketones (excluding diaryl/α,β-unsaturated/α-hetero) is 1. The first-order chi connectivity index (χ1) is 8.58. The molecule has 1 N–H and O–H groups in total. The van der Waals surface area contributed by atoms with Gasteiger partial charge in [-0.25, -0.2) is 0 Å². The van der Waals surface area contributed by atoms with Crippen LogP contribution in [0.1, 0.15) is 48.5 Å². The summed E-state index contributed by atoms with van der Waals surface area (Å²) in [6, 6.07) is 5.64. The molecule has 0 radical (unpaired) electrons. The van der Waals surface area contributed by atoms with E-state index >= 15 is 0 Å². The molecule has 3 rings (SSSR count). The van der Waals surface area contributed by atoms with Crippen molar-refractivity contribution >= 4 is 5.78 Å². The number of ketones is 1. The Morgan fingerprint density at radius 2 is 2.22 bits per heavy atom. The molecular formula is C15H18O3. The molecular weight excluding hydrogens is 228 g/mol. The Hall–Kier alpha value is -1.35. The molecule has 0 aromatic heterocycles. The van der Waals surface area contributed by atoms with E-state index < -0.39 is 5.60 Å².